The largest absolute Gasteiger partial charge is 0.309 e. The van der Waals surface area contributed by atoms with Crippen LogP contribution in [0.4, 0.5) is 0 Å². The van der Waals surface area contributed by atoms with Crippen molar-refractivity contribution in [3.05, 3.63) is 206 Å². The van der Waals surface area contributed by atoms with Crippen LogP contribution in [-0.4, -0.2) is 18.3 Å². The fourth-order valence-corrected chi connectivity index (χ4v) is 10.1. The van der Waals surface area contributed by atoms with Crippen LogP contribution < -0.4 is 0 Å². The van der Waals surface area contributed by atoms with Gasteiger partial charge in [-0.2, -0.15) is 5.26 Å². The molecule has 0 saturated heterocycles. The second kappa shape index (κ2) is 12.3. The van der Waals surface area contributed by atoms with E-state index in [9.17, 15) is 5.26 Å². The topological polar surface area (TPSA) is 43.5 Å². The Morgan fingerprint density at radius 2 is 0.717 bits per heavy atom. The first-order valence-electron chi connectivity index (χ1n) is 20.3. The van der Waals surface area contributed by atoms with Gasteiger partial charge in [-0.25, -0.2) is 0 Å². The number of nitrogens with zero attached hydrogens (tertiary/aromatic N) is 5. The normalized spacial score (nSPS) is 12.0. The van der Waals surface area contributed by atoms with Crippen LogP contribution in [0.25, 0.3) is 110 Å². The van der Waals surface area contributed by atoms with Crippen LogP contribution in [0.15, 0.2) is 200 Å². The van der Waals surface area contributed by atoms with Gasteiger partial charge >= 0.3 is 0 Å². The molecule has 4 aromatic heterocycles. The summed E-state index contributed by atoms with van der Waals surface area (Å²) in [5.74, 6) is 0. The van der Waals surface area contributed by atoms with E-state index in [0.29, 0.717) is 5.56 Å². The lowest BCUT2D eigenvalue weighted by atomic mass is 10.1. The predicted molar refractivity (Wildman–Crippen MR) is 249 cm³/mol. The van der Waals surface area contributed by atoms with Crippen molar-refractivity contribution in [2.75, 3.05) is 0 Å². The van der Waals surface area contributed by atoms with Crippen molar-refractivity contribution in [3.63, 3.8) is 0 Å². The van der Waals surface area contributed by atoms with Gasteiger partial charge in [-0.05, 0) is 97.1 Å². The van der Waals surface area contributed by atoms with E-state index in [1.165, 1.54) is 43.4 Å². The molecule has 5 nitrogen and oxygen atoms in total. The van der Waals surface area contributed by atoms with Crippen LogP contribution in [-0.2, 0) is 0 Å². The Morgan fingerprint density at radius 1 is 0.283 bits per heavy atom. The molecule has 0 fully saturated rings. The molecular weight excluding hydrogens is 731 g/mol. The third kappa shape index (κ3) is 4.39. The zero-order chi connectivity index (χ0) is 39.5. The third-order valence-electron chi connectivity index (χ3n) is 12.5. The number of para-hydroxylation sites is 5. The van der Waals surface area contributed by atoms with Gasteiger partial charge in [0.25, 0.3) is 0 Å². The summed E-state index contributed by atoms with van der Waals surface area (Å²) < 4.78 is 9.68. The van der Waals surface area contributed by atoms with E-state index in [0.717, 1.165) is 66.6 Å². The van der Waals surface area contributed by atoms with Gasteiger partial charge < -0.3 is 18.3 Å². The molecule has 13 aromatic rings. The molecule has 0 saturated carbocycles. The van der Waals surface area contributed by atoms with Gasteiger partial charge in [-0.15, -0.1) is 0 Å². The van der Waals surface area contributed by atoms with E-state index in [-0.39, 0.29) is 0 Å². The maximum atomic E-state index is 10.1. The molecule has 0 atom stereocenters. The van der Waals surface area contributed by atoms with Crippen LogP contribution in [0.2, 0.25) is 0 Å². The Labute approximate surface area is 344 Å². The van der Waals surface area contributed by atoms with E-state index < -0.39 is 0 Å². The molecule has 0 aliphatic heterocycles. The molecule has 0 unspecified atom stereocenters. The van der Waals surface area contributed by atoms with Gasteiger partial charge in [0.15, 0.2) is 0 Å². The zero-order valence-electron chi connectivity index (χ0n) is 32.3. The summed E-state index contributed by atoms with van der Waals surface area (Å²) in [6, 6.07) is 74.2. The minimum absolute atomic E-state index is 0.644. The molecule has 0 bridgehead atoms. The molecule has 0 amide bonds. The van der Waals surface area contributed by atoms with E-state index in [4.69, 9.17) is 0 Å². The molecule has 0 spiro atoms. The highest BCUT2D eigenvalue weighted by molar-refractivity contribution is 6.28. The monoisotopic (exact) mass is 763 g/mol. The van der Waals surface area contributed by atoms with Gasteiger partial charge in [0.2, 0.25) is 0 Å². The van der Waals surface area contributed by atoms with Crippen molar-refractivity contribution in [3.8, 4) is 28.8 Å². The Bertz CT molecular complexity index is 3930. The number of hydrogen-bond donors (Lipinski definition) is 0. The van der Waals surface area contributed by atoms with E-state index >= 15 is 0 Å². The summed E-state index contributed by atoms with van der Waals surface area (Å²) in [5, 5.41) is 19.5. The van der Waals surface area contributed by atoms with Crippen molar-refractivity contribution < 1.29 is 0 Å². The van der Waals surface area contributed by atoms with Crippen LogP contribution in [0.3, 0.4) is 0 Å². The average molecular weight is 764 g/mol. The van der Waals surface area contributed by atoms with Crippen LogP contribution in [0.1, 0.15) is 5.56 Å². The number of hydrogen-bond acceptors (Lipinski definition) is 1. The quantitative estimate of drug-likeness (QED) is 0.176. The molecular formula is C55H33N5. The summed E-state index contributed by atoms with van der Waals surface area (Å²) >= 11 is 0. The maximum Gasteiger partial charge on any atom is 0.0991 e. The van der Waals surface area contributed by atoms with Crippen LogP contribution >= 0.6 is 0 Å². The molecule has 278 valence electrons. The molecule has 0 aliphatic rings. The fraction of sp³-hybridized carbons (Fsp3) is 0. The molecule has 5 heteroatoms. The number of rotatable bonds is 4. The summed E-state index contributed by atoms with van der Waals surface area (Å²) in [5.41, 5.74) is 14.2. The number of benzene rings is 9. The van der Waals surface area contributed by atoms with E-state index in [1.54, 1.807) is 0 Å². The van der Waals surface area contributed by atoms with Gasteiger partial charge in [0.1, 0.15) is 0 Å². The second-order valence-electron chi connectivity index (χ2n) is 15.6. The van der Waals surface area contributed by atoms with Gasteiger partial charge in [-0.3, -0.25) is 0 Å². The Morgan fingerprint density at radius 3 is 1.33 bits per heavy atom. The smallest absolute Gasteiger partial charge is 0.0991 e. The first kappa shape index (κ1) is 32.7. The number of nitriles is 1. The molecule has 13 rings (SSSR count). The second-order valence-corrected chi connectivity index (χ2v) is 15.6. The Hall–Kier alpha value is -8.33. The van der Waals surface area contributed by atoms with Gasteiger partial charge in [0, 0.05) is 65.8 Å². The average Bonchev–Trinajstić information content (AvgIpc) is 4.04. The first-order valence-corrected chi connectivity index (χ1v) is 20.3. The lowest BCUT2D eigenvalue weighted by Crippen LogP contribution is -1.96. The summed E-state index contributed by atoms with van der Waals surface area (Å²) in [6.45, 7) is 0. The minimum atomic E-state index is 0.644. The summed E-state index contributed by atoms with van der Waals surface area (Å²) in [7, 11) is 0. The highest BCUT2D eigenvalue weighted by Crippen LogP contribution is 2.45. The summed E-state index contributed by atoms with van der Waals surface area (Å²) in [4.78, 5) is 0. The van der Waals surface area contributed by atoms with Crippen molar-refractivity contribution >= 4 is 87.2 Å². The lowest BCUT2D eigenvalue weighted by molar-refractivity contribution is 1.16. The number of fused-ring (bicyclic) bond motifs is 14. The highest BCUT2D eigenvalue weighted by Gasteiger charge is 2.24. The molecule has 0 N–H and O–H groups in total. The van der Waals surface area contributed by atoms with Gasteiger partial charge in [0.05, 0.1) is 55.8 Å². The third-order valence-corrected chi connectivity index (χ3v) is 12.5. The van der Waals surface area contributed by atoms with E-state index in [2.05, 4.69) is 218 Å². The maximum absolute atomic E-state index is 10.1. The van der Waals surface area contributed by atoms with Crippen molar-refractivity contribution in [1.82, 2.24) is 18.3 Å². The SMILES string of the molecule is N#Cc1ccc2c(c1)c1ccc3c(c4ccccc4n3-c3ccccc3)c1n2-c1ccc2c(c1)c1c(ccc3c4ccccc4n(-c4ccccc4)c31)n2-c1ccccc1. The standard InChI is InChI=1S/C55H33N5/c56-34-35-24-28-48-44(32-35)42-27-31-50-52(43-21-11-13-23-47(43)57(50)36-14-4-1-5-15-36)55(42)60(48)39-25-29-49-45(33-39)53-51(58(49)37-16-6-2-7-17-37)30-26-41-40-20-10-12-22-46(40)59(54(41)53)38-18-8-3-9-19-38/h1-33H. The molecule has 0 aliphatic carbocycles. The molecule has 4 heterocycles. The minimum Gasteiger partial charge on any atom is -0.309 e. The van der Waals surface area contributed by atoms with E-state index in [1.807, 2.05) is 6.07 Å². The Kier molecular flexibility index (Phi) is 6.73. The highest BCUT2D eigenvalue weighted by atomic mass is 15.0. The van der Waals surface area contributed by atoms with Crippen LogP contribution in [0, 0.1) is 11.3 Å². The predicted octanol–water partition coefficient (Wildman–Crippen LogP) is 13.9. The fourth-order valence-electron chi connectivity index (χ4n) is 10.1. The van der Waals surface area contributed by atoms with Crippen molar-refractivity contribution in [2.45, 2.75) is 0 Å². The molecule has 0 radical (unpaired) electrons. The molecule has 9 aromatic carbocycles. The van der Waals surface area contributed by atoms with Crippen molar-refractivity contribution in [1.29, 1.82) is 5.26 Å². The van der Waals surface area contributed by atoms with Gasteiger partial charge in [-0.1, -0.05) is 103 Å². The van der Waals surface area contributed by atoms with Crippen LogP contribution in [0.5, 0.6) is 0 Å². The first-order chi connectivity index (χ1) is 29.8. The Balaban J connectivity index is 1.22. The lowest BCUT2D eigenvalue weighted by Gasteiger charge is -2.11. The summed E-state index contributed by atoms with van der Waals surface area (Å²) in [6.07, 6.45) is 0. The number of aromatic nitrogens is 4. The zero-order valence-corrected chi connectivity index (χ0v) is 32.3. The molecule has 60 heavy (non-hydrogen) atoms. The van der Waals surface area contributed by atoms with Crippen molar-refractivity contribution in [2.24, 2.45) is 0 Å².